The third kappa shape index (κ3) is 1.61. The molecule has 0 aromatic heterocycles. The van der Waals surface area contributed by atoms with Crippen LogP contribution < -0.4 is 0 Å². The van der Waals surface area contributed by atoms with Gasteiger partial charge < -0.3 is 0 Å². The average molecular weight is 211 g/mol. The predicted molar refractivity (Wildman–Crippen MR) is 59.5 cm³/mol. The van der Waals surface area contributed by atoms with Crippen LogP contribution in [-0.2, 0) is 0 Å². The van der Waals surface area contributed by atoms with Crippen LogP contribution in [0.1, 0.15) is 40.0 Å². The fourth-order valence-corrected chi connectivity index (χ4v) is 3.90. The van der Waals surface area contributed by atoms with E-state index in [1.54, 1.807) is 0 Å². The molecule has 86 valence electrons. The van der Waals surface area contributed by atoms with Crippen LogP contribution in [0.2, 0.25) is 0 Å². The standard InChI is InChI=1S/C13H22FN/c1-13(2,3)6-12-10-5-9(10)11-4-8(14)7-15(11)12/h8-12H,4-7H2,1-3H3. The number of halogens is 1. The van der Waals surface area contributed by atoms with Gasteiger partial charge in [0.05, 0.1) is 0 Å². The number of alkyl halides is 1. The first-order chi connectivity index (χ1) is 6.96. The third-order valence-electron chi connectivity index (χ3n) is 4.46. The molecule has 3 rings (SSSR count). The Labute approximate surface area is 92.0 Å². The van der Waals surface area contributed by atoms with Crippen LogP contribution in [0, 0.1) is 17.3 Å². The number of hydrogen-bond donors (Lipinski definition) is 0. The van der Waals surface area contributed by atoms with Gasteiger partial charge >= 0.3 is 0 Å². The summed E-state index contributed by atoms with van der Waals surface area (Å²) in [6.07, 6.45) is 2.91. The van der Waals surface area contributed by atoms with Crippen molar-refractivity contribution in [1.29, 1.82) is 0 Å². The molecule has 2 saturated heterocycles. The van der Waals surface area contributed by atoms with Gasteiger partial charge in [-0.3, -0.25) is 4.90 Å². The second-order valence-electron chi connectivity index (χ2n) is 6.99. The molecule has 5 atom stereocenters. The highest BCUT2D eigenvalue weighted by molar-refractivity contribution is 5.13. The normalized spacial score (nSPS) is 49.2. The highest BCUT2D eigenvalue weighted by Crippen LogP contribution is 2.58. The molecule has 5 unspecified atom stereocenters. The Morgan fingerprint density at radius 1 is 1.20 bits per heavy atom. The van der Waals surface area contributed by atoms with E-state index >= 15 is 0 Å². The molecule has 3 fully saturated rings. The fourth-order valence-electron chi connectivity index (χ4n) is 3.90. The lowest BCUT2D eigenvalue weighted by Gasteiger charge is -2.32. The van der Waals surface area contributed by atoms with Crippen LogP contribution in [0.15, 0.2) is 0 Å². The molecular weight excluding hydrogens is 189 g/mol. The second kappa shape index (κ2) is 2.97. The van der Waals surface area contributed by atoms with E-state index in [1.807, 2.05) is 0 Å². The Kier molecular flexibility index (Phi) is 1.99. The topological polar surface area (TPSA) is 3.24 Å². The Balaban J connectivity index is 1.74. The summed E-state index contributed by atoms with van der Waals surface area (Å²) in [6, 6.07) is 1.30. The molecule has 3 aliphatic rings. The van der Waals surface area contributed by atoms with E-state index in [0.29, 0.717) is 17.5 Å². The summed E-state index contributed by atoms with van der Waals surface area (Å²) in [5.74, 6) is 1.78. The lowest BCUT2D eigenvalue weighted by atomic mass is 9.86. The first kappa shape index (κ1) is 10.1. The zero-order chi connectivity index (χ0) is 10.8. The molecule has 1 nitrogen and oxygen atoms in total. The van der Waals surface area contributed by atoms with Crippen LogP contribution >= 0.6 is 0 Å². The van der Waals surface area contributed by atoms with Crippen molar-refractivity contribution in [3.63, 3.8) is 0 Å². The number of hydrogen-bond acceptors (Lipinski definition) is 1. The van der Waals surface area contributed by atoms with E-state index in [-0.39, 0.29) is 0 Å². The van der Waals surface area contributed by atoms with Crippen LogP contribution in [-0.4, -0.2) is 29.7 Å². The van der Waals surface area contributed by atoms with Gasteiger partial charge in [-0.05, 0) is 36.5 Å². The summed E-state index contributed by atoms with van der Waals surface area (Å²) in [6.45, 7) is 7.64. The molecule has 2 heterocycles. The molecule has 2 heteroatoms. The third-order valence-corrected chi connectivity index (χ3v) is 4.46. The van der Waals surface area contributed by atoms with Gasteiger partial charge in [0.2, 0.25) is 0 Å². The first-order valence-corrected chi connectivity index (χ1v) is 6.35. The molecule has 2 aliphatic heterocycles. The lowest BCUT2D eigenvalue weighted by molar-refractivity contribution is 0.150. The predicted octanol–water partition coefficient (Wildman–Crippen LogP) is 2.85. The number of fused-ring (bicyclic) bond motifs is 3. The van der Waals surface area contributed by atoms with Crippen LogP contribution in [0.3, 0.4) is 0 Å². The summed E-state index contributed by atoms with van der Waals surface area (Å²) in [5, 5.41) is 0. The van der Waals surface area contributed by atoms with Gasteiger partial charge in [0.25, 0.3) is 0 Å². The number of piperidine rings is 1. The summed E-state index contributed by atoms with van der Waals surface area (Å²) >= 11 is 0. The summed E-state index contributed by atoms with van der Waals surface area (Å²) in [5.41, 5.74) is 0.390. The van der Waals surface area contributed by atoms with E-state index in [0.717, 1.165) is 24.8 Å². The highest BCUT2D eigenvalue weighted by atomic mass is 19.1. The SMILES string of the molecule is CC(C)(C)CC1C2CC2C2CC(F)CN21. The van der Waals surface area contributed by atoms with Gasteiger partial charge in [0.15, 0.2) is 0 Å². The summed E-state index contributed by atoms with van der Waals surface area (Å²) in [4.78, 5) is 2.49. The fraction of sp³-hybridized carbons (Fsp3) is 1.00. The zero-order valence-corrected chi connectivity index (χ0v) is 10.0. The molecule has 0 aromatic rings. The maximum atomic E-state index is 13.4. The molecule has 0 radical (unpaired) electrons. The van der Waals surface area contributed by atoms with Crippen molar-refractivity contribution in [3.05, 3.63) is 0 Å². The first-order valence-electron chi connectivity index (χ1n) is 6.35. The zero-order valence-electron chi connectivity index (χ0n) is 10.0. The Bertz CT molecular complexity index is 270. The van der Waals surface area contributed by atoms with Crippen molar-refractivity contribution in [2.75, 3.05) is 6.54 Å². The number of rotatable bonds is 1. The van der Waals surface area contributed by atoms with Crippen molar-refractivity contribution < 1.29 is 4.39 Å². The Hall–Kier alpha value is -0.110. The molecule has 0 bridgehead atoms. The largest absolute Gasteiger partial charge is 0.294 e. The second-order valence-corrected chi connectivity index (χ2v) is 6.99. The maximum Gasteiger partial charge on any atom is 0.114 e. The molecule has 0 aromatic carbocycles. The van der Waals surface area contributed by atoms with E-state index in [9.17, 15) is 4.39 Å². The van der Waals surface area contributed by atoms with Gasteiger partial charge in [-0.25, -0.2) is 4.39 Å². The van der Waals surface area contributed by atoms with Gasteiger partial charge in [-0.2, -0.15) is 0 Å². The van der Waals surface area contributed by atoms with Crippen molar-refractivity contribution in [3.8, 4) is 0 Å². The quantitative estimate of drug-likeness (QED) is 0.644. The van der Waals surface area contributed by atoms with Crippen molar-refractivity contribution in [2.45, 2.75) is 58.3 Å². The minimum atomic E-state index is -0.543. The van der Waals surface area contributed by atoms with E-state index < -0.39 is 6.17 Å². The lowest BCUT2D eigenvalue weighted by Crippen LogP contribution is -2.38. The molecule has 1 saturated carbocycles. The van der Waals surface area contributed by atoms with Gasteiger partial charge in [-0.1, -0.05) is 20.8 Å². The minimum absolute atomic E-state index is 0.390. The van der Waals surface area contributed by atoms with E-state index in [2.05, 4.69) is 25.7 Å². The minimum Gasteiger partial charge on any atom is -0.294 e. The average Bonchev–Trinajstić information content (AvgIpc) is 2.70. The van der Waals surface area contributed by atoms with Crippen LogP contribution in [0.25, 0.3) is 0 Å². The number of nitrogens with zero attached hydrogens (tertiary/aromatic N) is 1. The van der Waals surface area contributed by atoms with Crippen molar-refractivity contribution in [2.24, 2.45) is 17.3 Å². The Morgan fingerprint density at radius 2 is 1.93 bits per heavy atom. The molecule has 0 N–H and O–H groups in total. The van der Waals surface area contributed by atoms with Gasteiger partial charge in [0.1, 0.15) is 6.17 Å². The monoisotopic (exact) mass is 211 g/mol. The molecule has 15 heavy (non-hydrogen) atoms. The van der Waals surface area contributed by atoms with Gasteiger partial charge in [0, 0.05) is 18.6 Å². The van der Waals surface area contributed by atoms with Crippen LogP contribution in [0.5, 0.6) is 0 Å². The van der Waals surface area contributed by atoms with Gasteiger partial charge in [-0.15, -0.1) is 0 Å². The summed E-state index contributed by atoms with van der Waals surface area (Å²) in [7, 11) is 0. The van der Waals surface area contributed by atoms with Crippen molar-refractivity contribution >= 4 is 0 Å². The molecule has 1 aliphatic carbocycles. The van der Waals surface area contributed by atoms with Crippen molar-refractivity contribution in [1.82, 2.24) is 4.90 Å². The smallest absolute Gasteiger partial charge is 0.114 e. The maximum absolute atomic E-state index is 13.4. The van der Waals surface area contributed by atoms with Crippen LogP contribution in [0.4, 0.5) is 4.39 Å². The highest BCUT2D eigenvalue weighted by Gasteiger charge is 2.61. The Morgan fingerprint density at radius 3 is 2.60 bits per heavy atom. The molecular formula is C13H22FN. The van der Waals surface area contributed by atoms with E-state index in [1.165, 1.54) is 12.8 Å². The van der Waals surface area contributed by atoms with E-state index in [4.69, 9.17) is 0 Å². The molecule has 0 spiro atoms. The summed E-state index contributed by atoms with van der Waals surface area (Å²) < 4.78 is 13.4. The molecule has 0 amide bonds.